The molecule has 0 aliphatic carbocycles. The van der Waals surface area contributed by atoms with Crippen molar-refractivity contribution in [3.05, 3.63) is 39.1 Å². The zero-order valence-corrected chi connectivity index (χ0v) is 11.6. The van der Waals surface area contributed by atoms with Gasteiger partial charge in [-0.05, 0) is 19.1 Å². The Balaban J connectivity index is 2.25. The molecular weight excluding hydrogens is 254 g/mol. The average Bonchev–Trinajstić information content (AvgIpc) is 2.85. The molecule has 0 fully saturated rings. The lowest BCUT2D eigenvalue weighted by atomic mass is 10.3. The molecule has 2 aromatic rings. The molecule has 92 valence electrons. The first-order valence-electron chi connectivity index (χ1n) is 5.66. The number of halogens is 1. The van der Waals surface area contributed by atoms with Gasteiger partial charge in [0.05, 0.1) is 16.6 Å². The molecular formula is C12H16ClN3S. The molecule has 0 aromatic carbocycles. The van der Waals surface area contributed by atoms with Crippen molar-refractivity contribution in [1.82, 2.24) is 9.55 Å². The predicted molar refractivity (Wildman–Crippen MR) is 72.6 cm³/mol. The van der Waals surface area contributed by atoms with Crippen molar-refractivity contribution < 1.29 is 0 Å². The second kappa shape index (κ2) is 5.21. The zero-order chi connectivity index (χ0) is 12.4. The molecule has 2 N–H and O–H groups in total. The van der Waals surface area contributed by atoms with Gasteiger partial charge in [-0.2, -0.15) is 0 Å². The number of nitrogens with two attached hydrogens (primary N) is 1. The summed E-state index contributed by atoms with van der Waals surface area (Å²) in [6.45, 7) is 4.87. The smallest absolute Gasteiger partial charge is 0.109 e. The minimum absolute atomic E-state index is 0.0199. The monoisotopic (exact) mass is 269 g/mol. The summed E-state index contributed by atoms with van der Waals surface area (Å²) in [5.74, 6) is 1.07. The van der Waals surface area contributed by atoms with Gasteiger partial charge in [0.15, 0.2) is 0 Å². The standard InChI is InChI=1S/C12H16ClN3S/c1-3-12-15-10(8(2)14)7-16(12)6-9-4-5-11(13)17-9/h4-5,7-8H,3,6,14H2,1-2H3/t8-/m1/s1. The van der Waals surface area contributed by atoms with Gasteiger partial charge in [0, 0.05) is 23.5 Å². The van der Waals surface area contributed by atoms with E-state index >= 15 is 0 Å². The summed E-state index contributed by atoms with van der Waals surface area (Å²) in [5.41, 5.74) is 6.80. The van der Waals surface area contributed by atoms with Gasteiger partial charge >= 0.3 is 0 Å². The SMILES string of the molecule is CCc1nc([C@@H](C)N)cn1Cc1ccc(Cl)s1. The highest BCUT2D eigenvalue weighted by molar-refractivity contribution is 7.16. The topological polar surface area (TPSA) is 43.8 Å². The Bertz CT molecular complexity index is 502. The Kier molecular flexibility index (Phi) is 3.86. The van der Waals surface area contributed by atoms with Gasteiger partial charge < -0.3 is 10.3 Å². The molecule has 2 aromatic heterocycles. The van der Waals surface area contributed by atoms with Crippen LogP contribution in [0.15, 0.2) is 18.3 Å². The lowest BCUT2D eigenvalue weighted by Gasteiger charge is -2.03. The molecule has 0 unspecified atom stereocenters. The Hall–Kier alpha value is -0.840. The van der Waals surface area contributed by atoms with Crippen LogP contribution in [0, 0.1) is 0 Å². The molecule has 3 nitrogen and oxygen atoms in total. The van der Waals surface area contributed by atoms with E-state index in [0.29, 0.717) is 0 Å². The van der Waals surface area contributed by atoms with E-state index in [1.807, 2.05) is 19.2 Å². The third-order valence-corrected chi connectivity index (χ3v) is 3.83. The van der Waals surface area contributed by atoms with Gasteiger partial charge in [0.2, 0.25) is 0 Å². The van der Waals surface area contributed by atoms with Crippen molar-refractivity contribution in [2.24, 2.45) is 5.73 Å². The molecule has 0 aliphatic heterocycles. The second-order valence-electron chi connectivity index (χ2n) is 4.06. The summed E-state index contributed by atoms with van der Waals surface area (Å²) in [4.78, 5) is 5.78. The van der Waals surface area contributed by atoms with Crippen molar-refractivity contribution >= 4 is 22.9 Å². The Morgan fingerprint density at radius 3 is 2.82 bits per heavy atom. The van der Waals surface area contributed by atoms with Crippen LogP contribution in [0.25, 0.3) is 0 Å². The lowest BCUT2D eigenvalue weighted by molar-refractivity contribution is 0.740. The van der Waals surface area contributed by atoms with E-state index in [-0.39, 0.29) is 6.04 Å². The van der Waals surface area contributed by atoms with Crippen molar-refractivity contribution in [1.29, 1.82) is 0 Å². The maximum absolute atomic E-state index is 5.93. The number of aryl methyl sites for hydroxylation is 1. The summed E-state index contributed by atoms with van der Waals surface area (Å²) in [7, 11) is 0. The summed E-state index contributed by atoms with van der Waals surface area (Å²) >= 11 is 7.53. The molecule has 0 saturated carbocycles. The van der Waals surface area contributed by atoms with Gasteiger partial charge in [-0.15, -0.1) is 11.3 Å². The van der Waals surface area contributed by atoms with Crippen molar-refractivity contribution in [2.75, 3.05) is 0 Å². The second-order valence-corrected chi connectivity index (χ2v) is 5.86. The third-order valence-electron chi connectivity index (χ3n) is 2.62. The largest absolute Gasteiger partial charge is 0.329 e. The van der Waals surface area contributed by atoms with Crippen LogP contribution in [0.1, 0.15) is 36.3 Å². The van der Waals surface area contributed by atoms with E-state index in [1.165, 1.54) is 4.88 Å². The van der Waals surface area contributed by atoms with Crippen LogP contribution in [-0.2, 0) is 13.0 Å². The highest BCUT2D eigenvalue weighted by Crippen LogP contribution is 2.23. The number of thiophene rings is 1. The molecule has 2 heterocycles. The van der Waals surface area contributed by atoms with E-state index in [1.54, 1.807) is 11.3 Å². The molecule has 2 rings (SSSR count). The summed E-state index contributed by atoms with van der Waals surface area (Å²) in [6.07, 6.45) is 2.95. The Labute approximate surface area is 110 Å². The fourth-order valence-corrected chi connectivity index (χ4v) is 2.81. The van der Waals surface area contributed by atoms with Gasteiger partial charge in [0.1, 0.15) is 5.82 Å². The fourth-order valence-electron chi connectivity index (χ4n) is 1.72. The Morgan fingerprint density at radius 2 is 2.29 bits per heavy atom. The van der Waals surface area contributed by atoms with Crippen LogP contribution in [-0.4, -0.2) is 9.55 Å². The van der Waals surface area contributed by atoms with E-state index in [9.17, 15) is 0 Å². The first kappa shape index (κ1) is 12.6. The van der Waals surface area contributed by atoms with E-state index in [2.05, 4.69) is 22.5 Å². The normalized spacial score (nSPS) is 12.9. The minimum Gasteiger partial charge on any atom is -0.329 e. The number of hydrogen-bond donors (Lipinski definition) is 1. The molecule has 17 heavy (non-hydrogen) atoms. The zero-order valence-electron chi connectivity index (χ0n) is 9.98. The van der Waals surface area contributed by atoms with Crippen LogP contribution < -0.4 is 5.73 Å². The van der Waals surface area contributed by atoms with E-state index < -0.39 is 0 Å². The first-order chi connectivity index (χ1) is 8.10. The van der Waals surface area contributed by atoms with Crippen molar-refractivity contribution in [3.8, 4) is 0 Å². The minimum atomic E-state index is -0.0199. The van der Waals surface area contributed by atoms with E-state index in [4.69, 9.17) is 17.3 Å². The first-order valence-corrected chi connectivity index (χ1v) is 6.85. The summed E-state index contributed by atoms with van der Waals surface area (Å²) in [6, 6.07) is 3.96. The number of imidazole rings is 1. The van der Waals surface area contributed by atoms with Gasteiger partial charge in [0.25, 0.3) is 0 Å². The maximum Gasteiger partial charge on any atom is 0.109 e. The Morgan fingerprint density at radius 1 is 1.53 bits per heavy atom. The summed E-state index contributed by atoms with van der Waals surface area (Å²) in [5, 5.41) is 0. The highest BCUT2D eigenvalue weighted by Gasteiger charge is 2.10. The fraction of sp³-hybridized carbons (Fsp3) is 0.417. The van der Waals surface area contributed by atoms with Crippen molar-refractivity contribution in [3.63, 3.8) is 0 Å². The van der Waals surface area contributed by atoms with Crippen LogP contribution in [0.4, 0.5) is 0 Å². The quantitative estimate of drug-likeness (QED) is 0.926. The molecule has 0 bridgehead atoms. The van der Waals surface area contributed by atoms with Crippen LogP contribution in [0.3, 0.4) is 0 Å². The van der Waals surface area contributed by atoms with Gasteiger partial charge in [-0.1, -0.05) is 18.5 Å². The third kappa shape index (κ3) is 2.89. The van der Waals surface area contributed by atoms with Crippen LogP contribution in [0.2, 0.25) is 4.34 Å². The maximum atomic E-state index is 5.93. The molecule has 5 heteroatoms. The highest BCUT2D eigenvalue weighted by atomic mass is 35.5. The molecule has 0 aliphatic rings. The van der Waals surface area contributed by atoms with Crippen molar-refractivity contribution in [2.45, 2.75) is 32.9 Å². The number of hydrogen-bond acceptors (Lipinski definition) is 3. The van der Waals surface area contributed by atoms with Gasteiger partial charge in [-0.25, -0.2) is 4.98 Å². The average molecular weight is 270 g/mol. The molecule has 0 amide bonds. The molecule has 0 spiro atoms. The van der Waals surface area contributed by atoms with E-state index in [0.717, 1.165) is 28.8 Å². The predicted octanol–water partition coefficient (Wildman–Crippen LogP) is 3.23. The molecule has 0 saturated heterocycles. The summed E-state index contributed by atoms with van der Waals surface area (Å²) < 4.78 is 2.98. The molecule has 0 radical (unpaired) electrons. The van der Waals surface area contributed by atoms with Gasteiger partial charge in [-0.3, -0.25) is 0 Å². The molecule has 1 atom stereocenters. The number of aromatic nitrogens is 2. The van der Waals surface area contributed by atoms with Crippen LogP contribution >= 0.6 is 22.9 Å². The number of nitrogens with zero attached hydrogens (tertiary/aromatic N) is 2. The van der Waals surface area contributed by atoms with Crippen LogP contribution in [0.5, 0.6) is 0 Å². The number of rotatable bonds is 4. The lowest BCUT2D eigenvalue weighted by Crippen LogP contribution is -2.05.